The normalized spacial score (nSPS) is 19.9. The van der Waals surface area contributed by atoms with Gasteiger partial charge in [-0.1, -0.05) is 26.0 Å². The molecule has 5 rings (SSSR count). The number of nitrogens with zero attached hydrogens (tertiary/aromatic N) is 6. The molecule has 0 amide bonds. The average Bonchev–Trinajstić information content (AvgIpc) is 2.83. The molecule has 2 aliphatic heterocycles. The summed E-state index contributed by atoms with van der Waals surface area (Å²) >= 11 is 0. The number of nitrogens with one attached hydrogen (secondary N) is 1. The zero-order chi connectivity index (χ0) is 27.8. The lowest BCUT2D eigenvalue weighted by Crippen LogP contribution is -2.50. The van der Waals surface area contributed by atoms with Crippen LogP contribution in [0.3, 0.4) is 0 Å². The van der Waals surface area contributed by atoms with Gasteiger partial charge in [0.15, 0.2) is 9.84 Å². The number of fused-ring (bicyclic) bond motifs is 1. The molecule has 11 heteroatoms. The van der Waals surface area contributed by atoms with Crippen molar-refractivity contribution < 1.29 is 12.8 Å². The number of halogens is 1. The molecular weight excluding hydrogens is 517 g/mol. The fourth-order valence-corrected chi connectivity index (χ4v) is 7.28. The first-order valence-corrected chi connectivity index (χ1v) is 15.3. The third-order valence-electron chi connectivity index (χ3n) is 7.37. The predicted molar refractivity (Wildman–Crippen MR) is 155 cm³/mol. The van der Waals surface area contributed by atoms with Crippen LogP contribution in [0.1, 0.15) is 20.3 Å². The van der Waals surface area contributed by atoms with Crippen LogP contribution < -0.4 is 15.1 Å². The minimum absolute atomic E-state index is 0.140. The first-order valence-electron chi connectivity index (χ1n) is 13.4. The summed E-state index contributed by atoms with van der Waals surface area (Å²) in [5.41, 5.74) is 0.921. The van der Waals surface area contributed by atoms with Gasteiger partial charge in [-0.05, 0) is 49.5 Å². The molecule has 2 saturated heterocycles. The van der Waals surface area contributed by atoms with Crippen LogP contribution in [0.4, 0.5) is 27.7 Å². The van der Waals surface area contributed by atoms with Crippen LogP contribution >= 0.6 is 0 Å². The largest absolute Gasteiger partial charge is 0.370 e. The van der Waals surface area contributed by atoms with Crippen LogP contribution in [0.5, 0.6) is 0 Å². The SMILES string of the molecule is CN(C)CCS(=O)(=O)CC1CN(c2cccc3cc(Nc4ccnc(N5C[C@H](F)CC(C)(C)C5)n4)ncc23)C1. The van der Waals surface area contributed by atoms with Gasteiger partial charge in [0.2, 0.25) is 5.95 Å². The van der Waals surface area contributed by atoms with Crippen molar-refractivity contribution in [3.8, 4) is 0 Å². The third kappa shape index (κ3) is 6.75. The molecule has 0 aliphatic carbocycles. The quantitative estimate of drug-likeness (QED) is 0.424. The Kier molecular flexibility index (Phi) is 7.65. The second kappa shape index (κ2) is 10.8. The lowest BCUT2D eigenvalue weighted by Gasteiger charge is -2.41. The van der Waals surface area contributed by atoms with E-state index in [1.807, 2.05) is 48.3 Å². The second-order valence-corrected chi connectivity index (χ2v) is 14.2. The second-order valence-electron chi connectivity index (χ2n) is 12.0. The van der Waals surface area contributed by atoms with Crippen LogP contribution in [0.25, 0.3) is 10.8 Å². The van der Waals surface area contributed by atoms with Crippen molar-refractivity contribution in [2.45, 2.75) is 26.4 Å². The lowest BCUT2D eigenvalue weighted by atomic mass is 9.83. The van der Waals surface area contributed by atoms with Gasteiger partial charge in [0.05, 0.1) is 18.1 Å². The van der Waals surface area contributed by atoms with Crippen molar-refractivity contribution >= 4 is 43.9 Å². The summed E-state index contributed by atoms with van der Waals surface area (Å²) in [6.45, 7) is 7.12. The van der Waals surface area contributed by atoms with Crippen molar-refractivity contribution in [1.82, 2.24) is 19.9 Å². The highest BCUT2D eigenvalue weighted by Gasteiger charge is 2.34. The molecule has 2 aromatic heterocycles. The van der Waals surface area contributed by atoms with E-state index in [0.717, 1.165) is 29.5 Å². The van der Waals surface area contributed by atoms with E-state index in [-0.39, 0.29) is 22.8 Å². The van der Waals surface area contributed by atoms with E-state index >= 15 is 0 Å². The van der Waals surface area contributed by atoms with Crippen LogP contribution in [0, 0.1) is 11.3 Å². The molecule has 4 heterocycles. The maximum absolute atomic E-state index is 14.3. The molecular formula is C28H38FN7O2S. The first-order chi connectivity index (χ1) is 18.5. The van der Waals surface area contributed by atoms with Gasteiger partial charge < -0.3 is 20.0 Å². The van der Waals surface area contributed by atoms with Gasteiger partial charge in [-0.15, -0.1) is 0 Å². The number of aromatic nitrogens is 3. The molecule has 3 aromatic rings. The molecule has 2 aliphatic rings. The summed E-state index contributed by atoms with van der Waals surface area (Å²) in [4.78, 5) is 19.7. The summed E-state index contributed by atoms with van der Waals surface area (Å²) in [5.74, 6) is 2.34. The van der Waals surface area contributed by atoms with Crippen molar-refractivity contribution in [2.75, 3.05) is 73.4 Å². The maximum Gasteiger partial charge on any atom is 0.227 e. The van der Waals surface area contributed by atoms with Gasteiger partial charge in [-0.25, -0.2) is 22.8 Å². The van der Waals surface area contributed by atoms with Gasteiger partial charge >= 0.3 is 0 Å². The van der Waals surface area contributed by atoms with E-state index in [1.165, 1.54) is 0 Å². The highest BCUT2D eigenvalue weighted by Crippen LogP contribution is 2.34. The number of hydrogen-bond acceptors (Lipinski definition) is 9. The molecule has 0 saturated carbocycles. The minimum Gasteiger partial charge on any atom is -0.370 e. The molecule has 2 fully saturated rings. The Hall–Kier alpha value is -3.05. The van der Waals surface area contributed by atoms with Crippen molar-refractivity contribution in [1.29, 1.82) is 0 Å². The predicted octanol–water partition coefficient (Wildman–Crippen LogP) is 3.76. The molecule has 0 spiro atoms. The van der Waals surface area contributed by atoms with E-state index in [0.29, 0.717) is 43.6 Å². The van der Waals surface area contributed by atoms with Gasteiger partial charge in [-0.2, -0.15) is 4.98 Å². The van der Waals surface area contributed by atoms with Crippen molar-refractivity contribution in [2.24, 2.45) is 11.3 Å². The Balaban J connectivity index is 1.25. The molecule has 1 atom stereocenters. The van der Waals surface area contributed by atoms with E-state index in [9.17, 15) is 12.8 Å². The van der Waals surface area contributed by atoms with E-state index in [4.69, 9.17) is 0 Å². The monoisotopic (exact) mass is 555 g/mol. The van der Waals surface area contributed by atoms with Gasteiger partial charge in [-0.3, -0.25) is 0 Å². The third-order valence-corrected chi connectivity index (χ3v) is 9.16. The minimum atomic E-state index is -3.06. The van der Waals surface area contributed by atoms with Crippen LogP contribution in [0.15, 0.2) is 42.7 Å². The van der Waals surface area contributed by atoms with E-state index < -0.39 is 16.0 Å². The Bertz CT molecular complexity index is 1430. The number of benzene rings is 1. The maximum atomic E-state index is 14.3. The Morgan fingerprint density at radius 2 is 1.90 bits per heavy atom. The number of piperidine rings is 1. The zero-order valence-electron chi connectivity index (χ0n) is 23.1. The van der Waals surface area contributed by atoms with Crippen LogP contribution in [0.2, 0.25) is 0 Å². The van der Waals surface area contributed by atoms with Crippen molar-refractivity contribution in [3.63, 3.8) is 0 Å². The number of anilines is 4. The van der Waals surface area contributed by atoms with Gasteiger partial charge in [0.25, 0.3) is 0 Å². The van der Waals surface area contributed by atoms with Gasteiger partial charge in [0.1, 0.15) is 17.8 Å². The average molecular weight is 556 g/mol. The standard InChI is InChI=1S/C28H38FN7O2S/c1-28(2)13-22(29)17-36(19-28)27-30-9-8-25(33-27)32-26-12-21-6-5-7-24(23(21)14-31-26)35-15-20(16-35)18-39(37,38)11-10-34(3)4/h5-9,12,14,20,22H,10-11,13,15-19H2,1-4H3,(H,30,31,32,33)/t22-/m1/s1. The topological polar surface area (TPSA) is 94.6 Å². The van der Waals surface area contributed by atoms with Crippen LogP contribution in [-0.2, 0) is 9.84 Å². The molecule has 0 bridgehead atoms. The molecule has 1 aromatic carbocycles. The van der Waals surface area contributed by atoms with E-state index in [1.54, 1.807) is 12.3 Å². The first kappa shape index (κ1) is 27.5. The highest BCUT2D eigenvalue weighted by atomic mass is 32.2. The lowest BCUT2D eigenvalue weighted by molar-refractivity contribution is 0.176. The number of alkyl halides is 1. The Labute approximate surface area is 230 Å². The van der Waals surface area contributed by atoms with E-state index in [2.05, 4.69) is 45.1 Å². The number of sulfone groups is 1. The summed E-state index contributed by atoms with van der Waals surface area (Å²) in [6.07, 6.45) is 3.16. The number of hydrogen-bond donors (Lipinski definition) is 1. The number of rotatable bonds is 9. The number of pyridine rings is 1. The van der Waals surface area contributed by atoms with Crippen LogP contribution in [-0.4, -0.2) is 92.8 Å². The summed E-state index contributed by atoms with van der Waals surface area (Å²) < 4.78 is 39.2. The molecule has 210 valence electrons. The molecule has 1 N–H and O–H groups in total. The fraction of sp³-hybridized carbons (Fsp3) is 0.536. The van der Waals surface area contributed by atoms with Crippen molar-refractivity contribution in [3.05, 3.63) is 42.7 Å². The molecule has 9 nitrogen and oxygen atoms in total. The Morgan fingerprint density at radius 1 is 1.10 bits per heavy atom. The molecule has 39 heavy (non-hydrogen) atoms. The summed E-state index contributed by atoms with van der Waals surface area (Å²) in [7, 11) is 0.716. The highest BCUT2D eigenvalue weighted by molar-refractivity contribution is 7.91. The fourth-order valence-electron chi connectivity index (χ4n) is 5.54. The molecule has 0 unspecified atom stereocenters. The molecule has 0 radical (unpaired) electrons. The Morgan fingerprint density at radius 3 is 2.64 bits per heavy atom. The van der Waals surface area contributed by atoms with Gasteiger partial charge in [0, 0.05) is 55.6 Å². The zero-order valence-corrected chi connectivity index (χ0v) is 24.0. The smallest absolute Gasteiger partial charge is 0.227 e. The summed E-state index contributed by atoms with van der Waals surface area (Å²) in [5, 5.41) is 5.32. The summed E-state index contributed by atoms with van der Waals surface area (Å²) in [6, 6.07) is 9.86.